The number of carbonyl (C=O) groups is 5. The van der Waals surface area contributed by atoms with Crippen LogP contribution in [0.1, 0.15) is 92.2 Å². The molecule has 1 saturated heterocycles. The van der Waals surface area contributed by atoms with E-state index in [1.54, 1.807) is 4.90 Å². The number of likely N-dealkylation sites (tertiary alicyclic amines) is 1. The summed E-state index contributed by atoms with van der Waals surface area (Å²) in [6.45, 7) is 19.6. The Kier molecular flexibility index (Phi) is 16.5. The molecule has 13 heteroatoms. The Morgan fingerprint density at radius 1 is 1.00 bits per heavy atom. The highest BCUT2D eigenvalue weighted by atomic mass is 16.5. The normalized spacial score (nSPS) is 19.6. The molecule has 296 valence electrons. The van der Waals surface area contributed by atoms with Crippen molar-refractivity contribution in [3.05, 3.63) is 48.0 Å². The van der Waals surface area contributed by atoms with Crippen molar-refractivity contribution in [3.8, 4) is 0 Å². The quantitative estimate of drug-likeness (QED) is 0.0707. The fourth-order valence-electron chi connectivity index (χ4n) is 7.01. The fourth-order valence-corrected chi connectivity index (χ4v) is 7.01. The SMILES string of the molecule is C=CCNC(=O)C(=O)C(CCCC)NC(=O)C1C[C@@H](C(C)C)CN1C(=O)C(NC(O)N[C@H](COC(=O)NC(C)C)C(C)(C)C)C1Cc2ccccc2C1. The van der Waals surface area contributed by atoms with Gasteiger partial charge in [-0.2, -0.15) is 0 Å². The Balaban J connectivity index is 1.90. The van der Waals surface area contributed by atoms with Crippen molar-refractivity contribution < 1.29 is 33.8 Å². The zero-order chi connectivity index (χ0) is 39.5. The highest BCUT2D eigenvalue weighted by Crippen LogP contribution is 2.34. The third kappa shape index (κ3) is 12.6. The van der Waals surface area contributed by atoms with Crippen LogP contribution in [0.15, 0.2) is 36.9 Å². The van der Waals surface area contributed by atoms with Crippen molar-refractivity contribution in [2.45, 2.75) is 130 Å². The third-order valence-corrected chi connectivity index (χ3v) is 10.3. The maximum absolute atomic E-state index is 14.8. The molecule has 1 aliphatic heterocycles. The standard InChI is InChI=1S/C40H64N6O7/c1-10-12-17-30(34(47)36(49)41-18-11-2)43-35(48)31-21-29(24(3)4)22-46(31)37(50)33(28-19-26-15-13-14-16-27(26)20-28)45-38(51)44-32(40(7,8)9)23-53-39(52)42-25(5)6/h11,13-16,24-25,28-33,38,44-45,51H,2,10,12,17-23H2,1,3-9H3,(H,41,49)(H,42,52)(H,43,48)/t29-,30?,31?,32-,33?,38?/m1/s1. The molecule has 0 spiro atoms. The second-order valence-corrected chi connectivity index (χ2v) is 16.3. The van der Waals surface area contributed by atoms with E-state index in [1.807, 2.05) is 65.8 Å². The summed E-state index contributed by atoms with van der Waals surface area (Å²) in [6.07, 6.45) is 2.80. The smallest absolute Gasteiger partial charge is 0.407 e. The number of aliphatic hydroxyl groups excluding tert-OH is 1. The second-order valence-electron chi connectivity index (χ2n) is 16.3. The molecule has 6 atom stereocenters. The number of nitrogens with one attached hydrogen (secondary N) is 5. The van der Waals surface area contributed by atoms with E-state index in [0.29, 0.717) is 32.2 Å². The van der Waals surface area contributed by atoms with Gasteiger partial charge in [0, 0.05) is 25.2 Å². The van der Waals surface area contributed by atoms with Crippen LogP contribution < -0.4 is 26.6 Å². The Bertz CT molecular complexity index is 1400. The number of nitrogens with zero attached hydrogens (tertiary/aromatic N) is 1. The number of ketones is 1. The summed E-state index contributed by atoms with van der Waals surface area (Å²) in [5.74, 6) is -2.39. The molecule has 0 saturated carbocycles. The molecule has 0 bridgehead atoms. The van der Waals surface area contributed by atoms with Crippen molar-refractivity contribution in [2.75, 3.05) is 19.7 Å². The summed E-state index contributed by atoms with van der Waals surface area (Å²) in [5.41, 5.74) is 1.81. The molecule has 1 aromatic rings. The first-order valence-corrected chi connectivity index (χ1v) is 19.2. The minimum Gasteiger partial charge on any atom is -0.448 e. The van der Waals surface area contributed by atoms with Crippen LogP contribution in [0.3, 0.4) is 0 Å². The molecule has 1 aliphatic carbocycles. The lowest BCUT2D eigenvalue weighted by Crippen LogP contribution is -2.62. The van der Waals surface area contributed by atoms with Gasteiger partial charge in [0.2, 0.25) is 17.6 Å². The van der Waals surface area contributed by atoms with E-state index in [0.717, 1.165) is 17.5 Å². The number of fused-ring (bicyclic) bond motifs is 1. The number of amides is 4. The lowest BCUT2D eigenvalue weighted by molar-refractivity contribution is -0.144. The van der Waals surface area contributed by atoms with Crippen molar-refractivity contribution in [1.29, 1.82) is 0 Å². The monoisotopic (exact) mass is 740 g/mol. The summed E-state index contributed by atoms with van der Waals surface area (Å²) in [5, 5.41) is 25.9. The molecule has 0 radical (unpaired) electrons. The number of hydrogen-bond acceptors (Lipinski definition) is 9. The zero-order valence-corrected chi connectivity index (χ0v) is 33.0. The van der Waals surface area contributed by atoms with Crippen LogP contribution in [0, 0.1) is 23.2 Å². The molecule has 4 amide bonds. The Labute approximate surface area is 315 Å². The lowest BCUT2D eigenvalue weighted by atomic mass is 9.87. The first-order chi connectivity index (χ1) is 25.0. The first kappa shape index (κ1) is 43.6. The van der Waals surface area contributed by atoms with Gasteiger partial charge in [0.05, 0.1) is 12.1 Å². The van der Waals surface area contributed by atoms with E-state index in [9.17, 15) is 29.1 Å². The van der Waals surface area contributed by atoms with Gasteiger partial charge in [0.15, 0.2) is 6.35 Å². The Morgan fingerprint density at radius 2 is 1.64 bits per heavy atom. The molecule has 2 aliphatic rings. The van der Waals surface area contributed by atoms with Gasteiger partial charge < -0.3 is 30.7 Å². The molecule has 6 N–H and O–H groups in total. The molecular formula is C40H64N6O7. The number of Topliss-reactive ketones (excluding diaryl/α,β-unsaturated/α-hetero) is 1. The van der Waals surface area contributed by atoms with Crippen LogP contribution in [-0.2, 0) is 36.8 Å². The topological polar surface area (TPSA) is 178 Å². The average molecular weight is 741 g/mol. The van der Waals surface area contributed by atoms with Crippen molar-refractivity contribution in [1.82, 2.24) is 31.5 Å². The zero-order valence-electron chi connectivity index (χ0n) is 33.0. The number of carbonyl (C=O) groups excluding carboxylic acids is 5. The van der Waals surface area contributed by atoms with Crippen LogP contribution in [0.25, 0.3) is 0 Å². The van der Waals surface area contributed by atoms with Gasteiger partial charge in [0.25, 0.3) is 5.91 Å². The Morgan fingerprint density at radius 3 is 2.19 bits per heavy atom. The van der Waals surface area contributed by atoms with Crippen LogP contribution in [0.4, 0.5) is 4.79 Å². The number of alkyl carbamates (subject to hydrolysis) is 1. The minimum absolute atomic E-state index is 0.0132. The molecule has 53 heavy (non-hydrogen) atoms. The first-order valence-electron chi connectivity index (χ1n) is 19.2. The minimum atomic E-state index is -1.37. The summed E-state index contributed by atoms with van der Waals surface area (Å²) >= 11 is 0. The van der Waals surface area contributed by atoms with E-state index < -0.39 is 59.6 Å². The second kappa shape index (κ2) is 20.0. The number of ether oxygens (including phenoxy) is 1. The largest absolute Gasteiger partial charge is 0.448 e. The van der Waals surface area contributed by atoms with Crippen molar-refractivity contribution in [2.24, 2.45) is 23.2 Å². The third-order valence-electron chi connectivity index (χ3n) is 10.3. The van der Waals surface area contributed by atoms with Gasteiger partial charge >= 0.3 is 6.09 Å². The lowest BCUT2D eigenvalue weighted by Gasteiger charge is -2.36. The highest BCUT2D eigenvalue weighted by Gasteiger charge is 2.46. The average Bonchev–Trinajstić information content (AvgIpc) is 3.74. The summed E-state index contributed by atoms with van der Waals surface area (Å²) in [4.78, 5) is 68.6. The molecule has 1 fully saturated rings. The number of aliphatic hydroxyl groups is 1. The van der Waals surface area contributed by atoms with E-state index in [4.69, 9.17) is 4.74 Å². The van der Waals surface area contributed by atoms with Gasteiger partial charge in [-0.1, -0.05) is 84.7 Å². The number of rotatable bonds is 19. The van der Waals surface area contributed by atoms with Crippen LogP contribution in [-0.4, -0.2) is 95.9 Å². The van der Waals surface area contributed by atoms with E-state index in [2.05, 4.69) is 47.0 Å². The molecule has 3 rings (SSSR count). The van der Waals surface area contributed by atoms with Crippen LogP contribution in [0.2, 0.25) is 0 Å². The molecule has 1 heterocycles. The molecule has 0 aromatic heterocycles. The fraction of sp³-hybridized carbons (Fsp3) is 0.675. The van der Waals surface area contributed by atoms with Gasteiger partial charge in [-0.05, 0) is 73.8 Å². The number of benzene rings is 1. The summed E-state index contributed by atoms with van der Waals surface area (Å²) in [6, 6.07) is 4.62. The van der Waals surface area contributed by atoms with E-state index in [1.165, 1.54) is 6.08 Å². The Hall–Kier alpha value is -3.81. The van der Waals surface area contributed by atoms with E-state index in [-0.39, 0.29) is 49.3 Å². The van der Waals surface area contributed by atoms with Gasteiger partial charge in [0.1, 0.15) is 12.6 Å². The van der Waals surface area contributed by atoms with Crippen molar-refractivity contribution >= 4 is 29.6 Å². The highest BCUT2D eigenvalue weighted by molar-refractivity contribution is 6.38. The predicted octanol–water partition coefficient (Wildman–Crippen LogP) is 3.19. The molecule has 13 nitrogen and oxygen atoms in total. The van der Waals surface area contributed by atoms with Gasteiger partial charge in [-0.25, -0.2) is 4.79 Å². The maximum Gasteiger partial charge on any atom is 0.407 e. The molecule has 4 unspecified atom stereocenters. The molecular weight excluding hydrogens is 676 g/mol. The maximum atomic E-state index is 14.8. The summed E-state index contributed by atoms with van der Waals surface area (Å²) < 4.78 is 5.48. The number of unbranched alkanes of at least 4 members (excludes halogenated alkanes) is 1. The van der Waals surface area contributed by atoms with Crippen LogP contribution in [0.5, 0.6) is 0 Å². The van der Waals surface area contributed by atoms with E-state index >= 15 is 0 Å². The van der Waals surface area contributed by atoms with Gasteiger partial charge in [-0.3, -0.25) is 29.8 Å². The van der Waals surface area contributed by atoms with Crippen LogP contribution >= 0.6 is 0 Å². The predicted molar refractivity (Wildman–Crippen MR) is 204 cm³/mol. The molecule has 1 aromatic carbocycles. The number of hydrogen-bond donors (Lipinski definition) is 6. The summed E-state index contributed by atoms with van der Waals surface area (Å²) in [7, 11) is 0. The van der Waals surface area contributed by atoms with Crippen molar-refractivity contribution in [3.63, 3.8) is 0 Å². The van der Waals surface area contributed by atoms with Gasteiger partial charge in [-0.15, -0.1) is 6.58 Å².